The normalized spacial score (nSPS) is 9.64. The largest absolute Gasteiger partial charge is 0.399 e. The van der Waals surface area contributed by atoms with Crippen LogP contribution >= 0.6 is 0 Å². The van der Waals surface area contributed by atoms with Crippen LogP contribution in [0.3, 0.4) is 0 Å². The lowest BCUT2D eigenvalue weighted by molar-refractivity contribution is 1.63. The molecule has 3 heteroatoms. The van der Waals surface area contributed by atoms with Gasteiger partial charge in [-0.15, -0.1) is 11.1 Å². The molecule has 0 fully saturated rings. The van der Waals surface area contributed by atoms with Crippen LogP contribution in [0.1, 0.15) is 11.1 Å². The molecule has 0 aliphatic rings. The standard InChI is InChI=1S/C22H18N2Si/c23-20-8-4-6-18(16-20)12-14-25(22-10-2-1-3-11-22)15-13-19-7-5-9-21(24)17-19/h1-11,16-17,25H,23-24H2. The molecule has 0 saturated carbocycles. The third-order valence-corrected chi connectivity index (χ3v) is 5.55. The molecule has 0 aliphatic carbocycles. The molecule has 0 atom stereocenters. The third-order valence-electron chi connectivity index (χ3n) is 3.63. The van der Waals surface area contributed by atoms with Crippen molar-refractivity contribution in [1.29, 1.82) is 0 Å². The van der Waals surface area contributed by atoms with E-state index < -0.39 is 8.80 Å². The Bertz CT molecular complexity index is 925. The van der Waals surface area contributed by atoms with E-state index in [0.717, 1.165) is 22.5 Å². The Morgan fingerprint density at radius 2 is 1.12 bits per heavy atom. The Hall–Kier alpha value is -3.40. The Morgan fingerprint density at radius 3 is 1.60 bits per heavy atom. The smallest absolute Gasteiger partial charge is 0.232 e. The van der Waals surface area contributed by atoms with E-state index in [1.807, 2.05) is 66.7 Å². The average Bonchev–Trinajstić information content (AvgIpc) is 2.63. The van der Waals surface area contributed by atoms with Crippen LogP contribution in [0.15, 0.2) is 78.9 Å². The predicted molar refractivity (Wildman–Crippen MR) is 109 cm³/mol. The fraction of sp³-hybridized carbons (Fsp3) is 0. The second-order valence-electron chi connectivity index (χ2n) is 5.63. The summed E-state index contributed by atoms with van der Waals surface area (Å²) >= 11 is 0. The zero-order valence-corrected chi connectivity index (χ0v) is 14.9. The van der Waals surface area contributed by atoms with Gasteiger partial charge in [0, 0.05) is 22.5 Å². The van der Waals surface area contributed by atoms with E-state index in [0.29, 0.717) is 0 Å². The molecular formula is C22H18N2Si. The molecule has 0 bridgehead atoms. The van der Waals surface area contributed by atoms with Crippen molar-refractivity contribution in [3.8, 4) is 22.9 Å². The summed E-state index contributed by atoms with van der Waals surface area (Å²) in [7, 11) is -1.77. The summed E-state index contributed by atoms with van der Waals surface area (Å²) in [6.45, 7) is 0. The first-order chi connectivity index (χ1) is 12.2. The van der Waals surface area contributed by atoms with E-state index in [2.05, 4.69) is 35.1 Å². The number of benzene rings is 3. The van der Waals surface area contributed by atoms with Gasteiger partial charge in [-0.05, 0) is 41.6 Å². The molecule has 0 radical (unpaired) electrons. The highest BCUT2D eigenvalue weighted by Crippen LogP contribution is 2.06. The maximum absolute atomic E-state index is 5.83. The van der Waals surface area contributed by atoms with Crippen molar-refractivity contribution in [3.05, 3.63) is 90.0 Å². The lowest BCUT2D eigenvalue weighted by Gasteiger charge is -2.01. The first-order valence-electron chi connectivity index (χ1n) is 8.00. The number of hydrogen-bond donors (Lipinski definition) is 2. The van der Waals surface area contributed by atoms with Crippen LogP contribution in [-0.4, -0.2) is 8.80 Å². The molecule has 3 rings (SSSR count). The van der Waals surface area contributed by atoms with Gasteiger partial charge >= 0.3 is 0 Å². The quantitative estimate of drug-likeness (QED) is 0.407. The van der Waals surface area contributed by atoms with Gasteiger partial charge in [-0.25, -0.2) is 0 Å². The highest BCUT2D eigenvalue weighted by Gasteiger charge is 2.07. The Kier molecular flexibility index (Phi) is 5.21. The summed E-state index contributed by atoms with van der Waals surface area (Å²) in [5.41, 5.74) is 21.7. The SMILES string of the molecule is Nc1cccc(C#C[SiH](C#Cc2cccc(N)c2)c2ccccc2)c1. The van der Waals surface area contributed by atoms with Crippen LogP contribution in [0.4, 0.5) is 11.4 Å². The highest BCUT2D eigenvalue weighted by molar-refractivity contribution is 6.87. The second-order valence-corrected chi connectivity index (χ2v) is 7.74. The van der Waals surface area contributed by atoms with Gasteiger partial charge in [0.1, 0.15) is 0 Å². The van der Waals surface area contributed by atoms with Gasteiger partial charge < -0.3 is 11.5 Å². The lowest BCUT2D eigenvalue weighted by Crippen LogP contribution is -2.27. The number of hydrogen-bond acceptors (Lipinski definition) is 2. The summed E-state index contributed by atoms with van der Waals surface area (Å²) in [4.78, 5) is 0. The molecule has 0 aliphatic heterocycles. The summed E-state index contributed by atoms with van der Waals surface area (Å²) in [5.74, 6) is 6.47. The van der Waals surface area contributed by atoms with Crippen molar-refractivity contribution in [3.63, 3.8) is 0 Å². The molecule has 2 nitrogen and oxygen atoms in total. The Balaban J connectivity index is 1.95. The van der Waals surface area contributed by atoms with Crippen LogP contribution in [0.25, 0.3) is 0 Å². The van der Waals surface area contributed by atoms with E-state index in [1.165, 1.54) is 5.19 Å². The van der Waals surface area contributed by atoms with Gasteiger partial charge in [0.05, 0.1) is 0 Å². The maximum atomic E-state index is 5.83. The van der Waals surface area contributed by atoms with Crippen molar-refractivity contribution in [1.82, 2.24) is 0 Å². The predicted octanol–water partition coefficient (Wildman–Crippen LogP) is 2.47. The van der Waals surface area contributed by atoms with Crippen LogP contribution in [0, 0.1) is 22.9 Å². The Morgan fingerprint density at radius 1 is 0.600 bits per heavy atom. The van der Waals surface area contributed by atoms with Gasteiger partial charge in [-0.2, -0.15) is 0 Å². The van der Waals surface area contributed by atoms with Crippen molar-refractivity contribution in [2.24, 2.45) is 0 Å². The molecule has 120 valence electrons. The van der Waals surface area contributed by atoms with Gasteiger partial charge in [0.15, 0.2) is 0 Å². The Labute approximate surface area is 150 Å². The van der Waals surface area contributed by atoms with Gasteiger partial charge in [0.2, 0.25) is 8.80 Å². The van der Waals surface area contributed by atoms with Gasteiger partial charge in [-0.1, -0.05) is 54.3 Å². The number of nitrogen functional groups attached to an aromatic ring is 2. The minimum atomic E-state index is -1.77. The fourth-order valence-corrected chi connectivity index (χ4v) is 4.03. The van der Waals surface area contributed by atoms with E-state index >= 15 is 0 Å². The molecule has 3 aromatic carbocycles. The van der Waals surface area contributed by atoms with Crippen LogP contribution < -0.4 is 16.7 Å². The molecule has 4 N–H and O–H groups in total. The molecule has 0 aromatic heterocycles. The third kappa shape index (κ3) is 4.78. The fourth-order valence-electron chi connectivity index (χ4n) is 2.39. The number of nitrogens with two attached hydrogens (primary N) is 2. The van der Waals surface area contributed by atoms with Gasteiger partial charge in [0.25, 0.3) is 0 Å². The van der Waals surface area contributed by atoms with Crippen molar-refractivity contribution >= 4 is 25.4 Å². The molecule has 3 aromatic rings. The molecule has 0 amide bonds. The van der Waals surface area contributed by atoms with E-state index in [-0.39, 0.29) is 0 Å². The van der Waals surface area contributed by atoms with E-state index in [1.54, 1.807) is 0 Å². The average molecular weight is 338 g/mol. The second kappa shape index (κ2) is 7.92. The van der Waals surface area contributed by atoms with Crippen molar-refractivity contribution in [2.45, 2.75) is 0 Å². The maximum Gasteiger partial charge on any atom is 0.232 e. The molecule has 0 spiro atoms. The molecule has 25 heavy (non-hydrogen) atoms. The van der Waals surface area contributed by atoms with Crippen molar-refractivity contribution < 1.29 is 0 Å². The number of anilines is 2. The lowest BCUT2D eigenvalue weighted by atomic mass is 10.2. The monoisotopic (exact) mass is 338 g/mol. The van der Waals surface area contributed by atoms with Crippen LogP contribution in [-0.2, 0) is 0 Å². The summed E-state index contributed by atoms with van der Waals surface area (Å²) in [5, 5.41) is 1.20. The first-order valence-corrected chi connectivity index (χ1v) is 9.73. The first kappa shape index (κ1) is 16.5. The summed E-state index contributed by atoms with van der Waals surface area (Å²) in [6.07, 6.45) is 0. The molecule has 0 saturated heterocycles. The summed E-state index contributed by atoms with van der Waals surface area (Å²) < 4.78 is 0. The zero-order valence-electron chi connectivity index (χ0n) is 13.7. The number of rotatable bonds is 1. The van der Waals surface area contributed by atoms with Gasteiger partial charge in [-0.3, -0.25) is 0 Å². The summed E-state index contributed by atoms with van der Waals surface area (Å²) in [6, 6.07) is 25.5. The van der Waals surface area contributed by atoms with Crippen LogP contribution in [0.2, 0.25) is 0 Å². The minimum absolute atomic E-state index is 0.718. The topological polar surface area (TPSA) is 52.0 Å². The van der Waals surface area contributed by atoms with E-state index in [9.17, 15) is 0 Å². The molecular weight excluding hydrogens is 320 g/mol. The van der Waals surface area contributed by atoms with Crippen molar-refractivity contribution in [2.75, 3.05) is 11.5 Å². The highest BCUT2D eigenvalue weighted by atomic mass is 28.3. The zero-order chi connectivity index (χ0) is 17.5. The van der Waals surface area contributed by atoms with Crippen LogP contribution in [0.5, 0.6) is 0 Å². The van der Waals surface area contributed by atoms with E-state index in [4.69, 9.17) is 11.5 Å². The minimum Gasteiger partial charge on any atom is -0.399 e. The molecule has 0 heterocycles. The molecule has 0 unspecified atom stereocenters.